The van der Waals surface area contributed by atoms with Gasteiger partial charge in [-0.05, 0) is 36.6 Å². The molecule has 1 saturated heterocycles. The van der Waals surface area contributed by atoms with Gasteiger partial charge in [0.25, 0.3) is 0 Å². The van der Waals surface area contributed by atoms with Crippen LogP contribution in [0.1, 0.15) is 17.7 Å². The van der Waals surface area contributed by atoms with E-state index in [1.54, 1.807) is 0 Å². The molecule has 0 N–H and O–H groups in total. The highest BCUT2D eigenvalue weighted by Gasteiger charge is 2.25. The first-order valence-corrected chi connectivity index (χ1v) is 10.5. The van der Waals surface area contributed by atoms with Gasteiger partial charge >= 0.3 is 0 Å². The Morgan fingerprint density at radius 1 is 0.931 bits per heavy atom. The normalized spacial score (nSPS) is 18.1. The van der Waals surface area contributed by atoms with Crippen LogP contribution in [0, 0.1) is 0 Å². The summed E-state index contributed by atoms with van der Waals surface area (Å²) >= 11 is 0. The van der Waals surface area contributed by atoms with Crippen molar-refractivity contribution in [2.45, 2.75) is 19.4 Å². The summed E-state index contributed by atoms with van der Waals surface area (Å²) in [4.78, 5) is 24.4. The maximum Gasteiger partial charge on any atom is 0.241 e. The zero-order valence-electron chi connectivity index (χ0n) is 16.7. The Labute approximate surface area is 171 Å². The Morgan fingerprint density at radius 3 is 2.59 bits per heavy atom. The number of carbonyl (C=O) groups is 1. The molecule has 6 nitrogen and oxygen atoms in total. The number of aromatic nitrogens is 2. The lowest BCUT2D eigenvalue weighted by atomic mass is 10.0. The van der Waals surface area contributed by atoms with Gasteiger partial charge in [0, 0.05) is 57.3 Å². The molecule has 0 bridgehead atoms. The second-order valence-electron chi connectivity index (χ2n) is 8.03. The summed E-state index contributed by atoms with van der Waals surface area (Å²) in [6.45, 7) is 6.00. The number of para-hydroxylation sites is 1. The Balaban J connectivity index is 1.16. The van der Waals surface area contributed by atoms with E-state index in [1.165, 1.54) is 5.56 Å². The number of benzene rings is 1. The number of aryl methyl sites for hydroxylation is 1. The molecule has 1 amide bonds. The minimum atomic E-state index is 0.228. The van der Waals surface area contributed by atoms with E-state index < -0.39 is 0 Å². The van der Waals surface area contributed by atoms with Crippen molar-refractivity contribution in [3.05, 3.63) is 66.1 Å². The number of nitrogens with zero attached hydrogens (tertiary/aromatic N) is 5. The van der Waals surface area contributed by atoms with Crippen LogP contribution in [0.2, 0.25) is 0 Å². The summed E-state index contributed by atoms with van der Waals surface area (Å²) in [6.07, 6.45) is 6.27. The molecular formula is C23H27N5O. The highest BCUT2D eigenvalue weighted by atomic mass is 16.2. The third kappa shape index (κ3) is 3.91. The monoisotopic (exact) mass is 389 g/mol. The molecule has 0 spiro atoms. The van der Waals surface area contributed by atoms with Gasteiger partial charge in [-0.2, -0.15) is 0 Å². The summed E-state index contributed by atoms with van der Waals surface area (Å²) in [7, 11) is 0. The fourth-order valence-electron chi connectivity index (χ4n) is 4.47. The summed E-state index contributed by atoms with van der Waals surface area (Å²) in [6, 6.07) is 14.4. The van der Waals surface area contributed by atoms with Crippen molar-refractivity contribution < 1.29 is 4.79 Å². The summed E-state index contributed by atoms with van der Waals surface area (Å²) in [5, 5.41) is 0. The number of amides is 1. The van der Waals surface area contributed by atoms with Crippen molar-refractivity contribution >= 4 is 17.2 Å². The van der Waals surface area contributed by atoms with Crippen molar-refractivity contribution in [1.29, 1.82) is 0 Å². The molecule has 2 aromatic heterocycles. The van der Waals surface area contributed by atoms with Crippen LogP contribution in [0.3, 0.4) is 0 Å². The van der Waals surface area contributed by atoms with Crippen LogP contribution in [-0.2, 0) is 17.8 Å². The van der Waals surface area contributed by atoms with Gasteiger partial charge in [0.15, 0.2) is 0 Å². The fraction of sp³-hybridized carbons (Fsp3) is 0.391. The smallest absolute Gasteiger partial charge is 0.241 e. The van der Waals surface area contributed by atoms with Crippen molar-refractivity contribution in [2.24, 2.45) is 0 Å². The van der Waals surface area contributed by atoms with Crippen molar-refractivity contribution in [2.75, 3.05) is 44.2 Å². The van der Waals surface area contributed by atoms with Crippen LogP contribution in [0.15, 0.2) is 54.9 Å². The van der Waals surface area contributed by atoms with Gasteiger partial charge in [-0.15, -0.1) is 0 Å². The standard InChI is InChI=1S/C23H27N5O/c29-23(28-11-5-7-19-6-1-2-8-21(19)28)18-26-14-12-25(13-15-26)16-20-17-27-10-4-3-9-22(27)24-20/h1-4,6,8-10,17H,5,7,11-16,18H2. The number of hydrogen-bond acceptors (Lipinski definition) is 4. The lowest BCUT2D eigenvalue weighted by Gasteiger charge is -2.36. The summed E-state index contributed by atoms with van der Waals surface area (Å²) < 4.78 is 2.07. The zero-order valence-corrected chi connectivity index (χ0v) is 16.7. The van der Waals surface area contributed by atoms with Crippen LogP contribution in [-0.4, -0.2) is 64.4 Å². The molecule has 5 rings (SSSR count). The molecule has 3 aromatic rings. The van der Waals surface area contributed by atoms with Crippen molar-refractivity contribution in [3.8, 4) is 0 Å². The molecular weight excluding hydrogens is 362 g/mol. The Morgan fingerprint density at radius 2 is 1.72 bits per heavy atom. The minimum absolute atomic E-state index is 0.228. The Hall–Kier alpha value is -2.70. The summed E-state index contributed by atoms with van der Waals surface area (Å²) in [5.74, 6) is 0.228. The maximum absolute atomic E-state index is 13.0. The third-order valence-corrected chi connectivity index (χ3v) is 6.03. The van der Waals surface area contributed by atoms with Crippen molar-refractivity contribution in [1.82, 2.24) is 19.2 Å². The third-order valence-electron chi connectivity index (χ3n) is 6.03. The molecule has 0 radical (unpaired) electrons. The van der Waals surface area contributed by atoms with E-state index in [2.05, 4.69) is 38.6 Å². The number of rotatable bonds is 4. The molecule has 4 heterocycles. The van der Waals surface area contributed by atoms with Gasteiger partial charge in [0.05, 0.1) is 12.2 Å². The quantitative estimate of drug-likeness (QED) is 0.688. The molecule has 1 fully saturated rings. The lowest BCUT2D eigenvalue weighted by Crippen LogP contribution is -2.50. The molecule has 0 saturated carbocycles. The van der Waals surface area contributed by atoms with Crippen LogP contribution in [0.4, 0.5) is 5.69 Å². The van der Waals surface area contributed by atoms with E-state index >= 15 is 0 Å². The van der Waals surface area contributed by atoms with E-state index in [0.717, 1.165) is 69.1 Å². The molecule has 0 aliphatic carbocycles. The largest absolute Gasteiger partial charge is 0.311 e. The SMILES string of the molecule is O=C(CN1CCN(Cc2cn3ccccc3n2)CC1)N1CCCc2ccccc21. The van der Waals surface area contributed by atoms with Crippen LogP contribution in [0.25, 0.3) is 5.65 Å². The topological polar surface area (TPSA) is 44.1 Å². The Kier molecular flexibility index (Phi) is 5.04. The first kappa shape index (κ1) is 18.3. The Bertz CT molecular complexity index is 972. The number of piperazine rings is 1. The van der Waals surface area contributed by atoms with E-state index in [4.69, 9.17) is 4.98 Å². The minimum Gasteiger partial charge on any atom is -0.311 e. The van der Waals surface area contributed by atoms with E-state index in [-0.39, 0.29) is 5.91 Å². The predicted molar refractivity (Wildman–Crippen MR) is 114 cm³/mol. The van der Waals surface area contributed by atoms with Crippen LogP contribution >= 0.6 is 0 Å². The average molecular weight is 390 g/mol. The van der Waals surface area contributed by atoms with E-state index in [1.807, 2.05) is 35.4 Å². The summed E-state index contributed by atoms with van der Waals surface area (Å²) in [5.41, 5.74) is 4.50. The van der Waals surface area contributed by atoms with Crippen LogP contribution in [0.5, 0.6) is 0 Å². The molecule has 0 unspecified atom stereocenters. The molecule has 1 aromatic carbocycles. The second-order valence-corrected chi connectivity index (χ2v) is 8.03. The number of anilines is 1. The average Bonchev–Trinajstić information content (AvgIpc) is 3.17. The fourth-order valence-corrected chi connectivity index (χ4v) is 4.47. The van der Waals surface area contributed by atoms with E-state index in [9.17, 15) is 4.79 Å². The van der Waals surface area contributed by atoms with Crippen molar-refractivity contribution in [3.63, 3.8) is 0 Å². The van der Waals surface area contributed by atoms with Gasteiger partial charge in [0.2, 0.25) is 5.91 Å². The number of pyridine rings is 1. The maximum atomic E-state index is 13.0. The van der Waals surface area contributed by atoms with Gasteiger partial charge < -0.3 is 9.30 Å². The van der Waals surface area contributed by atoms with Crippen LogP contribution < -0.4 is 4.90 Å². The number of fused-ring (bicyclic) bond motifs is 2. The number of hydrogen-bond donors (Lipinski definition) is 0. The highest BCUT2D eigenvalue weighted by Crippen LogP contribution is 2.26. The van der Waals surface area contributed by atoms with E-state index in [0.29, 0.717) is 6.54 Å². The number of carbonyl (C=O) groups excluding carboxylic acids is 1. The predicted octanol–water partition coefficient (Wildman–Crippen LogP) is 2.43. The molecule has 2 aliphatic heterocycles. The molecule has 0 atom stereocenters. The van der Waals surface area contributed by atoms with Gasteiger partial charge in [0.1, 0.15) is 5.65 Å². The van der Waals surface area contributed by atoms with Gasteiger partial charge in [-0.25, -0.2) is 4.98 Å². The van der Waals surface area contributed by atoms with Gasteiger partial charge in [-0.3, -0.25) is 14.6 Å². The second kappa shape index (κ2) is 7.97. The lowest BCUT2D eigenvalue weighted by molar-refractivity contribution is -0.120. The first-order valence-electron chi connectivity index (χ1n) is 10.5. The first-order chi connectivity index (χ1) is 14.3. The molecule has 2 aliphatic rings. The highest BCUT2D eigenvalue weighted by molar-refractivity contribution is 5.95. The molecule has 150 valence electrons. The van der Waals surface area contributed by atoms with Gasteiger partial charge in [-0.1, -0.05) is 24.3 Å². The molecule has 29 heavy (non-hydrogen) atoms. The number of imidazole rings is 1. The zero-order chi connectivity index (χ0) is 19.6. The molecule has 6 heteroatoms.